The summed E-state index contributed by atoms with van der Waals surface area (Å²) in [7, 11) is 1.54. The number of hydrogen-bond donors (Lipinski definition) is 3. The summed E-state index contributed by atoms with van der Waals surface area (Å²) in [4.78, 5) is 0. The van der Waals surface area contributed by atoms with Crippen LogP contribution < -0.4 is 16.2 Å². The summed E-state index contributed by atoms with van der Waals surface area (Å²) < 4.78 is 5.13. The largest absolute Gasteiger partial charge is 0.507 e. The van der Waals surface area contributed by atoms with Crippen molar-refractivity contribution in [1.82, 2.24) is 0 Å². The molecule has 0 fully saturated rings. The van der Waals surface area contributed by atoms with Gasteiger partial charge in [-0.05, 0) is 24.6 Å². The van der Waals surface area contributed by atoms with Gasteiger partial charge in [0.2, 0.25) is 0 Å². The van der Waals surface area contributed by atoms with Crippen LogP contribution in [0.1, 0.15) is 17.2 Å². The molecule has 0 spiro atoms. The minimum absolute atomic E-state index is 0.139. The highest BCUT2D eigenvalue weighted by Crippen LogP contribution is 2.33. The summed E-state index contributed by atoms with van der Waals surface area (Å²) in [5.41, 5.74) is 12.7. The molecule has 4 heteroatoms. The first kappa shape index (κ1) is 10.8. The van der Waals surface area contributed by atoms with Crippen molar-refractivity contribution in [3.8, 4) is 11.5 Å². The third kappa shape index (κ3) is 1.97. The van der Waals surface area contributed by atoms with Crippen LogP contribution in [-0.4, -0.2) is 18.8 Å². The van der Waals surface area contributed by atoms with Crippen LogP contribution in [0.2, 0.25) is 0 Å². The van der Waals surface area contributed by atoms with Crippen molar-refractivity contribution < 1.29 is 9.84 Å². The number of phenolic OH excluding ortho intramolecular Hbond substituents is 1. The Bertz CT molecular complexity index is 326. The van der Waals surface area contributed by atoms with Crippen LogP contribution >= 0.6 is 0 Å². The second-order valence-electron chi connectivity index (χ2n) is 3.24. The van der Waals surface area contributed by atoms with E-state index in [1.165, 1.54) is 0 Å². The molecular formula is C10H16N2O2. The Balaban J connectivity index is 3.24. The zero-order chi connectivity index (χ0) is 10.7. The van der Waals surface area contributed by atoms with Gasteiger partial charge in [-0.2, -0.15) is 0 Å². The number of phenols is 1. The summed E-state index contributed by atoms with van der Waals surface area (Å²) in [6.07, 6.45) is 0. The maximum Gasteiger partial charge on any atom is 0.127 e. The first-order valence-corrected chi connectivity index (χ1v) is 4.43. The van der Waals surface area contributed by atoms with Crippen molar-refractivity contribution in [3.05, 3.63) is 23.3 Å². The van der Waals surface area contributed by atoms with Crippen LogP contribution in [-0.2, 0) is 0 Å². The molecule has 0 aliphatic rings. The van der Waals surface area contributed by atoms with E-state index in [1.807, 2.05) is 13.0 Å². The molecule has 0 aliphatic carbocycles. The normalized spacial score (nSPS) is 12.6. The van der Waals surface area contributed by atoms with E-state index in [0.717, 1.165) is 5.56 Å². The SMILES string of the molecule is COc1cc(C)cc(O)c1[C@H](N)CN. The molecule has 1 aromatic carbocycles. The molecule has 0 heterocycles. The van der Waals surface area contributed by atoms with E-state index in [2.05, 4.69) is 0 Å². The van der Waals surface area contributed by atoms with Crippen LogP contribution in [0.3, 0.4) is 0 Å². The lowest BCUT2D eigenvalue weighted by Gasteiger charge is -2.16. The Labute approximate surface area is 83.5 Å². The smallest absolute Gasteiger partial charge is 0.127 e. The highest BCUT2D eigenvalue weighted by molar-refractivity contribution is 5.48. The Hall–Kier alpha value is -1.26. The van der Waals surface area contributed by atoms with Gasteiger partial charge < -0.3 is 21.3 Å². The minimum Gasteiger partial charge on any atom is -0.507 e. The molecule has 14 heavy (non-hydrogen) atoms. The first-order chi connectivity index (χ1) is 6.60. The van der Waals surface area contributed by atoms with E-state index < -0.39 is 6.04 Å². The number of aromatic hydroxyl groups is 1. The monoisotopic (exact) mass is 196 g/mol. The molecule has 0 aromatic heterocycles. The zero-order valence-corrected chi connectivity index (χ0v) is 8.45. The Morgan fingerprint density at radius 3 is 2.64 bits per heavy atom. The molecule has 0 amide bonds. The average molecular weight is 196 g/mol. The molecule has 0 bridgehead atoms. The molecule has 0 radical (unpaired) electrons. The Morgan fingerprint density at radius 2 is 2.14 bits per heavy atom. The van der Waals surface area contributed by atoms with Crippen LogP contribution in [0.5, 0.6) is 11.5 Å². The van der Waals surface area contributed by atoms with Crippen molar-refractivity contribution in [2.24, 2.45) is 11.5 Å². The van der Waals surface area contributed by atoms with Crippen LogP contribution in [0.25, 0.3) is 0 Å². The molecule has 1 atom stereocenters. The Morgan fingerprint density at radius 1 is 1.50 bits per heavy atom. The highest BCUT2D eigenvalue weighted by Gasteiger charge is 2.15. The molecule has 4 nitrogen and oxygen atoms in total. The fourth-order valence-corrected chi connectivity index (χ4v) is 1.41. The van der Waals surface area contributed by atoms with Crippen molar-refractivity contribution in [2.75, 3.05) is 13.7 Å². The molecule has 0 saturated carbocycles. The maximum absolute atomic E-state index is 9.69. The third-order valence-electron chi connectivity index (χ3n) is 2.11. The number of benzene rings is 1. The summed E-state index contributed by atoms with van der Waals surface area (Å²) in [6, 6.07) is 3.07. The first-order valence-electron chi connectivity index (χ1n) is 4.43. The number of ether oxygens (including phenoxy) is 1. The van der Waals surface area contributed by atoms with E-state index in [9.17, 15) is 5.11 Å². The molecule has 1 aromatic rings. The number of hydrogen-bond acceptors (Lipinski definition) is 4. The van der Waals surface area contributed by atoms with Gasteiger partial charge in [-0.3, -0.25) is 0 Å². The Kier molecular flexibility index (Phi) is 3.33. The van der Waals surface area contributed by atoms with Gasteiger partial charge in [0.25, 0.3) is 0 Å². The van der Waals surface area contributed by atoms with Gasteiger partial charge in [-0.15, -0.1) is 0 Å². The van der Waals surface area contributed by atoms with Crippen molar-refractivity contribution in [2.45, 2.75) is 13.0 Å². The van der Waals surface area contributed by atoms with Gasteiger partial charge in [0.05, 0.1) is 12.7 Å². The topological polar surface area (TPSA) is 81.5 Å². The number of aryl methyl sites for hydroxylation is 1. The van der Waals surface area contributed by atoms with Gasteiger partial charge in [0.15, 0.2) is 0 Å². The fraction of sp³-hybridized carbons (Fsp3) is 0.400. The molecule has 0 saturated heterocycles. The standard InChI is InChI=1S/C10H16N2O2/c1-6-3-8(13)10(7(12)5-11)9(4-6)14-2/h3-4,7,13H,5,11-12H2,1-2H3/t7-/m1/s1. The van der Waals surface area contributed by atoms with E-state index in [-0.39, 0.29) is 12.3 Å². The van der Waals surface area contributed by atoms with E-state index >= 15 is 0 Å². The van der Waals surface area contributed by atoms with Gasteiger partial charge in [-0.25, -0.2) is 0 Å². The van der Waals surface area contributed by atoms with Crippen LogP contribution in [0.15, 0.2) is 12.1 Å². The summed E-state index contributed by atoms with van der Waals surface area (Å²) >= 11 is 0. The maximum atomic E-state index is 9.69. The lowest BCUT2D eigenvalue weighted by atomic mass is 10.0. The van der Waals surface area contributed by atoms with Gasteiger partial charge in [0.1, 0.15) is 11.5 Å². The summed E-state index contributed by atoms with van der Waals surface area (Å²) in [5, 5.41) is 9.69. The van der Waals surface area contributed by atoms with E-state index in [1.54, 1.807) is 13.2 Å². The number of nitrogens with two attached hydrogens (primary N) is 2. The third-order valence-corrected chi connectivity index (χ3v) is 2.11. The van der Waals surface area contributed by atoms with Gasteiger partial charge in [0, 0.05) is 12.6 Å². The van der Waals surface area contributed by atoms with Crippen LogP contribution in [0.4, 0.5) is 0 Å². The second-order valence-corrected chi connectivity index (χ2v) is 3.24. The summed E-state index contributed by atoms with van der Waals surface area (Å²) in [6.45, 7) is 2.15. The minimum atomic E-state index is -0.398. The molecule has 0 aliphatic heterocycles. The molecule has 5 N–H and O–H groups in total. The molecule has 0 unspecified atom stereocenters. The fourth-order valence-electron chi connectivity index (χ4n) is 1.41. The van der Waals surface area contributed by atoms with Crippen LogP contribution in [0, 0.1) is 6.92 Å². The van der Waals surface area contributed by atoms with Crippen molar-refractivity contribution >= 4 is 0 Å². The highest BCUT2D eigenvalue weighted by atomic mass is 16.5. The molecule has 78 valence electrons. The number of rotatable bonds is 3. The average Bonchev–Trinajstić information content (AvgIpc) is 2.15. The quantitative estimate of drug-likeness (QED) is 0.663. The van der Waals surface area contributed by atoms with E-state index in [4.69, 9.17) is 16.2 Å². The van der Waals surface area contributed by atoms with Crippen molar-refractivity contribution in [3.63, 3.8) is 0 Å². The lowest BCUT2D eigenvalue weighted by Crippen LogP contribution is -2.21. The van der Waals surface area contributed by atoms with E-state index in [0.29, 0.717) is 11.3 Å². The predicted molar refractivity (Wildman–Crippen MR) is 55.4 cm³/mol. The van der Waals surface area contributed by atoms with Crippen molar-refractivity contribution in [1.29, 1.82) is 0 Å². The second kappa shape index (κ2) is 4.30. The lowest BCUT2D eigenvalue weighted by molar-refractivity contribution is 0.393. The predicted octanol–water partition coefficient (Wildman–Crippen LogP) is 0.668. The zero-order valence-electron chi connectivity index (χ0n) is 8.45. The molecular weight excluding hydrogens is 180 g/mol. The van der Waals surface area contributed by atoms with Gasteiger partial charge >= 0.3 is 0 Å². The summed E-state index contributed by atoms with van der Waals surface area (Å²) in [5.74, 6) is 0.722. The van der Waals surface area contributed by atoms with Gasteiger partial charge in [-0.1, -0.05) is 0 Å². The number of methoxy groups -OCH3 is 1. The molecule has 1 rings (SSSR count).